The fourth-order valence-corrected chi connectivity index (χ4v) is 4.73. The van der Waals surface area contributed by atoms with Crippen LogP contribution in [-0.2, 0) is 19.3 Å². The quantitative estimate of drug-likeness (QED) is 0.386. The summed E-state index contributed by atoms with van der Waals surface area (Å²) >= 11 is 0. The van der Waals surface area contributed by atoms with Gasteiger partial charge in [0.1, 0.15) is 17.5 Å². The molecular formula is C26H24F3N7. The van der Waals surface area contributed by atoms with Gasteiger partial charge in [-0.15, -0.1) is 0 Å². The molecule has 0 atom stereocenters. The van der Waals surface area contributed by atoms with Gasteiger partial charge in [0.2, 0.25) is 0 Å². The lowest BCUT2D eigenvalue weighted by atomic mass is 10.2. The number of benzene rings is 2. The molecule has 6 rings (SSSR count). The third kappa shape index (κ3) is 4.39. The van der Waals surface area contributed by atoms with E-state index in [2.05, 4.69) is 25.5 Å². The van der Waals surface area contributed by atoms with E-state index in [0.29, 0.717) is 32.0 Å². The lowest BCUT2D eigenvalue weighted by Gasteiger charge is -2.35. The topological polar surface area (TPSA) is 65.9 Å². The molecule has 4 heterocycles. The molecule has 0 unspecified atom stereocenters. The molecule has 0 aliphatic carbocycles. The van der Waals surface area contributed by atoms with Crippen LogP contribution in [0.5, 0.6) is 0 Å². The molecule has 0 saturated carbocycles. The first-order valence-electron chi connectivity index (χ1n) is 11.8. The number of aromatic amines is 1. The van der Waals surface area contributed by atoms with Crippen molar-refractivity contribution in [1.82, 2.24) is 29.4 Å². The number of aromatic nitrogens is 5. The molecule has 1 saturated heterocycles. The van der Waals surface area contributed by atoms with Gasteiger partial charge in [0.05, 0.1) is 40.7 Å². The van der Waals surface area contributed by atoms with Crippen LogP contribution in [0.1, 0.15) is 17.2 Å². The second-order valence-corrected chi connectivity index (χ2v) is 8.97. The van der Waals surface area contributed by atoms with E-state index in [1.165, 1.54) is 6.07 Å². The summed E-state index contributed by atoms with van der Waals surface area (Å²) in [5.41, 5.74) is 3.21. The molecule has 5 aromatic rings. The summed E-state index contributed by atoms with van der Waals surface area (Å²) in [5.74, 6) is 2.40. The molecule has 36 heavy (non-hydrogen) atoms. The summed E-state index contributed by atoms with van der Waals surface area (Å²) in [6.07, 6.45) is -3.47. The summed E-state index contributed by atoms with van der Waals surface area (Å²) in [6.45, 7) is 4.14. The molecule has 1 aliphatic heterocycles. The van der Waals surface area contributed by atoms with Gasteiger partial charge in [0, 0.05) is 32.4 Å². The van der Waals surface area contributed by atoms with Gasteiger partial charge in [0.15, 0.2) is 0 Å². The van der Waals surface area contributed by atoms with Gasteiger partial charge >= 0.3 is 6.18 Å². The molecule has 184 valence electrons. The number of nitrogens with one attached hydrogen (secondary N) is 1. The number of para-hydroxylation sites is 4. The smallest absolute Gasteiger partial charge is 0.354 e. The fraction of sp³-hybridized carbons (Fsp3) is 0.269. The number of halogens is 3. The predicted octanol–water partition coefficient (Wildman–Crippen LogP) is 4.70. The van der Waals surface area contributed by atoms with Crippen molar-refractivity contribution in [1.29, 1.82) is 0 Å². The second-order valence-electron chi connectivity index (χ2n) is 8.97. The van der Waals surface area contributed by atoms with Crippen molar-refractivity contribution in [3.05, 3.63) is 84.1 Å². The highest BCUT2D eigenvalue weighted by atomic mass is 19.4. The number of fused-ring (bicyclic) bond motifs is 2. The van der Waals surface area contributed by atoms with E-state index in [-0.39, 0.29) is 0 Å². The first-order valence-corrected chi connectivity index (χ1v) is 11.8. The lowest BCUT2D eigenvalue weighted by Crippen LogP contribution is -2.46. The van der Waals surface area contributed by atoms with Crippen LogP contribution in [0.15, 0.2) is 66.9 Å². The Morgan fingerprint density at radius 3 is 2.28 bits per heavy atom. The maximum absolute atomic E-state index is 12.8. The van der Waals surface area contributed by atoms with Crippen molar-refractivity contribution in [2.24, 2.45) is 0 Å². The Hall–Kier alpha value is -3.92. The summed E-state index contributed by atoms with van der Waals surface area (Å²) in [4.78, 5) is 21.5. The van der Waals surface area contributed by atoms with E-state index < -0.39 is 11.7 Å². The van der Waals surface area contributed by atoms with Crippen LogP contribution in [0.2, 0.25) is 0 Å². The number of H-pyrrole nitrogens is 1. The highest BCUT2D eigenvalue weighted by Crippen LogP contribution is 2.29. The summed E-state index contributed by atoms with van der Waals surface area (Å²) < 4.78 is 40.7. The average molecular weight is 492 g/mol. The second kappa shape index (κ2) is 8.94. The van der Waals surface area contributed by atoms with E-state index in [0.717, 1.165) is 59.1 Å². The number of pyridine rings is 1. The van der Waals surface area contributed by atoms with Crippen molar-refractivity contribution in [3.63, 3.8) is 0 Å². The lowest BCUT2D eigenvalue weighted by molar-refractivity contribution is -0.137. The molecule has 10 heteroatoms. The molecule has 3 aromatic heterocycles. The molecule has 0 bridgehead atoms. The van der Waals surface area contributed by atoms with E-state index >= 15 is 0 Å². The maximum atomic E-state index is 12.8. The molecule has 0 radical (unpaired) electrons. The average Bonchev–Trinajstić information content (AvgIpc) is 3.45. The zero-order valence-corrected chi connectivity index (χ0v) is 19.4. The zero-order chi connectivity index (χ0) is 24.7. The van der Waals surface area contributed by atoms with Crippen LogP contribution in [-0.4, -0.2) is 55.6 Å². The van der Waals surface area contributed by atoms with Crippen LogP contribution < -0.4 is 4.90 Å². The monoisotopic (exact) mass is 491 g/mol. The molecule has 1 aliphatic rings. The Bertz CT molecular complexity index is 1460. The minimum atomic E-state index is -4.38. The van der Waals surface area contributed by atoms with Gasteiger partial charge in [-0.25, -0.2) is 15.0 Å². The minimum Gasteiger partial charge on any atom is -0.354 e. The minimum absolute atomic E-state index is 0.569. The summed E-state index contributed by atoms with van der Waals surface area (Å²) in [6, 6.07) is 18.6. The number of hydrogen-bond donors (Lipinski definition) is 1. The predicted molar refractivity (Wildman–Crippen MR) is 132 cm³/mol. The van der Waals surface area contributed by atoms with Gasteiger partial charge in [-0.2, -0.15) is 13.2 Å². The number of hydrogen-bond acceptors (Lipinski definition) is 5. The van der Waals surface area contributed by atoms with E-state index in [1.54, 1.807) is 0 Å². The third-order valence-electron chi connectivity index (χ3n) is 6.62. The van der Waals surface area contributed by atoms with E-state index in [9.17, 15) is 13.2 Å². The number of rotatable bonds is 5. The van der Waals surface area contributed by atoms with Crippen molar-refractivity contribution in [3.8, 4) is 0 Å². The van der Waals surface area contributed by atoms with Crippen LogP contribution in [0.4, 0.5) is 19.0 Å². The van der Waals surface area contributed by atoms with Gasteiger partial charge in [-0.3, -0.25) is 4.90 Å². The Morgan fingerprint density at radius 2 is 1.56 bits per heavy atom. The van der Waals surface area contributed by atoms with Crippen molar-refractivity contribution in [2.75, 3.05) is 31.1 Å². The van der Waals surface area contributed by atoms with Crippen molar-refractivity contribution < 1.29 is 13.2 Å². The normalized spacial score (nSPS) is 15.2. The summed E-state index contributed by atoms with van der Waals surface area (Å²) in [5, 5.41) is 0. The number of nitrogens with zero attached hydrogens (tertiary/aromatic N) is 6. The molecule has 7 nitrogen and oxygen atoms in total. The number of alkyl halides is 3. The Morgan fingerprint density at radius 1 is 0.806 bits per heavy atom. The van der Waals surface area contributed by atoms with E-state index in [1.807, 2.05) is 47.4 Å². The largest absolute Gasteiger partial charge is 0.417 e. The number of anilines is 1. The highest BCUT2D eigenvalue weighted by Gasteiger charge is 2.31. The first-order chi connectivity index (χ1) is 17.4. The van der Waals surface area contributed by atoms with Gasteiger partial charge in [0.25, 0.3) is 0 Å². The van der Waals surface area contributed by atoms with Crippen LogP contribution >= 0.6 is 0 Å². The number of imidazole rings is 2. The summed E-state index contributed by atoms with van der Waals surface area (Å²) in [7, 11) is 0. The fourth-order valence-electron chi connectivity index (χ4n) is 4.73. The Labute approximate surface area is 205 Å². The van der Waals surface area contributed by atoms with Crippen molar-refractivity contribution >= 4 is 27.9 Å². The van der Waals surface area contributed by atoms with Gasteiger partial charge < -0.3 is 14.5 Å². The van der Waals surface area contributed by atoms with Gasteiger partial charge in [-0.1, -0.05) is 24.3 Å². The molecule has 1 N–H and O–H groups in total. The van der Waals surface area contributed by atoms with Crippen LogP contribution in [0.3, 0.4) is 0 Å². The van der Waals surface area contributed by atoms with Crippen LogP contribution in [0.25, 0.3) is 22.1 Å². The highest BCUT2D eigenvalue weighted by molar-refractivity contribution is 5.77. The molecule has 1 fully saturated rings. The van der Waals surface area contributed by atoms with E-state index in [4.69, 9.17) is 9.97 Å². The Kier molecular flexibility index (Phi) is 5.60. The molecule has 0 amide bonds. The first kappa shape index (κ1) is 22.5. The SMILES string of the molecule is FC(F)(F)c1ccc(N2CCN(Cc3nc4ccccc4n3Cc3nc4ccccc4[nH]3)CC2)nc1. The Balaban J connectivity index is 1.18. The van der Waals surface area contributed by atoms with Crippen molar-refractivity contribution in [2.45, 2.75) is 19.3 Å². The standard InChI is InChI=1S/C26H24F3N7/c27-26(28,29)18-9-10-24(30-15-18)35-13-11-34(12-14-35)17-25-33-21-7-3-4-8-22(21)36(25)16-23-31-19-5-1-2-6-20(19)32-23/h1-10,15H,11-14,16-17H2,(H,31,32). The number of piperazine rings is 1. The third-order valence-corrected chi connectivity index (χ3v) is 6.62. The van der Waals surface area contributed by atoms with Crippen LogP contribution in [0, 0.1) is 0 Å². The van der Waals surface area contributed by atoms with Gasteiger partial charge in [-0.05, 0) is 36.4 Å². The molecular weight excluding hydrogens is 467 g/mol. The zero-order valence-electron chi connectivity index (χ0n) is 19.4. The molecule has 2 aromatic carbocycles. The maximum Gasteiger partial charge on any atom is 0.417 e. The molecule has 0 spiro atoms.